The van der Waals surface area contributed by atoms with Gasteiger partial charge < -0.3 is 5.32 Å². The van der Waals surface area contributed by atoms with E-state index in [-0.39, 0.29) is 18.4 Å². The van der Waals surface area contributed by atoms with E-state index in [1.54, 1.807) is 0 Å². The monoisotopic (exact) mass is 233 g/mol. The molecule has 1 N–H and O–H groups in total. The van der Waals surface area contributed by atoms with E-state index in [0.29, 0.717) is 0 Å². The third kappa shape index (κ3) is 3.14. The van der Waals surface area contributed by atoms with Crippen molar-refractivity contribution in [3.63, 3.8) is 0 Å². The van der Waals surface area contributed by atoms with Crippen LogP contribution in [0.4, 0.5) is 8.78 Å². The summed E-state index contributed by atoms with van der Waals surface area (Å²) in [5, 5.41) is 3.26. The molecule has 0 saturated carbocycles. The van der Waals surface area contributed by atoms with Gasteiger partial charge in [0.1, 0.15) is 11.6 Å². The van der Waals surface area contributed by atoms with Gasteiger partial charge in [-0.1, -0.05) is 6.42 Å². The maximum atomic E-state index is 12.9. The molecule has 1 aromatic rings. The van der Waals surface area contributed by atoms with E-state index in [9.17, 15) is 8.78 Å². The van der Waals surface area contributed by atoms with Gasteiger partial charge in [-0.3, -0.25) is 0 Å². The maximum absolute atomic E-state index is 12.9. The second-order valence-electron chi connectivity index (χ2n) is 3.71. The second kappa shape index (κ2) is 5.42. The van der Waals surface area contributed by atoms with Gasteiger partial charge in [-0.25, -0.2) is 8.78 Å². The van der Waals surface area contributed by atoms with Crippen LogP contribution in [-0.4, -0.2) is 6.54 Å². The Labute approximate surface area is 94.3 Å². The van der Waals surface area contributed by atoms with E-state index in [1.807, 2.05) is 0 Å². The Balaban J connectivity index is 0.00000112. The van der Waals surface area contributed by atoms with Gasteiger partial charge in [-0.15, -0.1) is 12.4 Å². The molecule has 1 atom stereocenters. The minimum Gasteiger partial charge on any atom is -0.310 e. The molecule has 0 amide bonds. The fourth-order valence-corrected chi connectivity index (χ4v) is 1.91. The van der Waals surface area contributed by atoms with Gasteiger partial charge in [0.15, 0.2) is 0 Å². The highest BCUT2D eigenvalue weighted by Crippen LogP contribution is 2.24. The van der Waals surface area contributed by atoms with Gasteiger partial charge in [0.2, 0.25) is 0 Å². The first kappa shape index (κ1) is 12.4. The number of hydrogen-bond donors (Lipinski definition) is 1. The third-order valence-electron chi connectivity index (χ3n) is 2.60. The number of piperidine rings is 1. The van der Waals surface area contributed by atoms with Crippen molar-refractivity contribution in [2.45, 2.75) is 25.3 Å². The van der Waals surface area contributed by atoms with Crippen molar-refractivity contribution in [2.24, 2.45) is 0 Å². The van der Waals surface area contributed by atoms with Crippen molar-refractivity contribution < 1.29 is 8.78 Å². The van der Waals surface area contributed by atoms with E-state index in [1.165, 1.54) is 12.1 Å². The van der Waals surface area contributed by atoms with Crippen LogP contribution in [0.3, 0.4) is 0 Å². The van der Waals surface area contributed by atoms with Gasteiger partial charge in [0.25, 0.3) is 0 Å². The summed E-state index contributed by atoms with van der Waals surface area (Å²) in [4.78, 5) is 0. The number of halogens is 3. The van der Waals surface area contributed by atoms with Crippen LogP contribution in [0.5, 0.6) is 0 Å². The van der Waals surface area contributed by atoms with Crippen molar-refractivity contribution in [1.29, 1.82) is 0 Å². The van der Waals surface area contributed by atoms with E-state index in [0.717, 1.165) is 37.4 Å². The standard InChI is InChI=1S/C11H13F2N.ClH/c12-9-5-8(6-10(13)7-9)11-3-1-2-4-14-11;/h5-7,11,14H,1-4H2;1H/t11-;/m1./s1. The highest BCUT2D eigenvalue weighted by Gasteiger charge is 2.15. The summed E-state index contributed by atoms with van der Waals surface area (Å²) < 4.78 is 25.8. The first-order valence-corrected chi connectivity index (χ1v) is 4.95. The maximum Gasteiger partial charge on any atom is 0.126 e. The Morgan fingerprint density at radius 3 is 2.27 bits per heavy atom. The SMILES string of the molecule is Cl.Fc1cc(F)cc([C@H]2CCCCN2)c1. The normalized spacial score (nSPS) is 20.8. The van der Waals surface area contributed by atoms with E-state index in [4.69, 9.17) is 0 Å². The lowest BCUT2D eigenvalue weighted by Crippen LogP contribution is -2.26. The predicted octanol–water partition coefficient (Wildman–Crippen LogP) is 3.20. The van der Waals surface area contributed by atoms with Crippen LogP contribution >= 0.6 is 12.4 Å². The van der Waals surface area contributed by atoms with Gasteiger partial charge in [0.05, 0.1) is 0 Å². The summed E-state index contributed by atoms with van der Waals surface area (Å²) in [7, 11) is 0. The molecule has 1 nitrogen and oxygen atoms in total. The van der Waals surface area contributed by atoms with E-state index < -0.39 is 11.6 Å². The molecule has 84 valence electrons. The van der Waals surface area contributed by atoms with Crippen LogP contribution in [0.2, 0.25) is 0 Å². The molecule has 1 saturated heterocycles. The lowest BCUT2D eigenvalue weighted by Gasteiger charge is -2.23. The molecular weight excluding hydrogens is 220 g/mol. The Morgan fingerprint density at radius 2 is 1.73 bits per heavy atom. The molecule has 1 heterocycles. The van der Waals surface area contributed by atoms with Crippen LogP contribution in [0, 0.1) is 11.6 Å². The number of hydrogen-bond acceptors (Lipinski definition) is 1. The number of rotatable bonds is 1. The lowest BCUT2D eigenvalue weighted by molar-refractivity contribution is 0.409. The zero-order valence-corrected chi connectivity index (χ0v) is 9.12. The molecule has 0 spiro atoms. The number of benzene rings is 1. The second-order valence-corrected chi connectivity index (χ2v) is 3.71. The van der Waals surface area contributed by atoms with Gasteiger partial charge in [-0.05, 0) is 37.1 Å². The largest absolute Gasteiger partial charge is 0.310 e. The molecule has 0 aromatic heterocycles. The Hall–Kier alpha value is -0.670. The summed E-state index contributed by atoms with van der Waals surface area (Å²) in [6.07, 6.45) is 3.23. The molecule has 0 bridgehead atoms. The van der Waals surface area contributed by atoms with Crippen molar-refractivity contribution in [3.8, 4) is 0 Å². The molecular formula is C11H14ClF2N. The van der Waals surface area contributed by atoms with Crippen LogP contribution in [-0.2, 0) is 0 Å². The van der Waals surface area contributed by atoms with Crippen LogP contribution in [0.25, 0.3) is 0 Å². The minimum absolute atomic E-state index is 0. The Morgan fingerprint density at radius 1 is 1.07 bits per heavy atom. The molecule has 2 rings (SSSR count). The zero-order valence-electron chi connectivity index (χ0n) is 8.30. The van der Waals surface area contributed by atoms with E-state index in [2.05, 4.69) is 5.32 Å². The van der Waals surface area contributed by atoms with Gasteiger partial charge in [0, 0.05) is 12.1 Å². The quantitative estimate of drug-likeness (QED) is 0.786. The molecule has 1 aromatic carbocycles. The first-order chi connectivity index (χ1) is 6.75. The predicted molar refractivity (Wildman–Crippen MR) is 58.2 cm³/mol. The molecule has 1 fully saturated rings. The van der Waals surface area contributed by atoms with Crippen LogP contribution in [0.15, 0.2) is 18.2 Å². The minimum atomic E-state index is -0.493. The Bertz CT molecular complexity index is 304. The highest BCUT2D eigenvalue weighted by atomic mass is 35.5. The molecule has 0 radical (unpaired) electrons. The zero-order chi connectivity index (χ0) is 9.97. The topological polar surface area (TPSA) is 12.0 Å². The van der Waals surface area contributed by atoms with Crippen LogP contribution < -0.4 is 5.32 Å². The summed E-state index contributed by atoms with van der Waals surface area (Å²) in [6.45, 7) is 0.933. The lowest BCUT2D eigenvalue weighted by atomic mass is 9.97. The fraction of sp³-hybridized carbons (Fsp3) is 0.455. The van der Waals surface area contributed by atoms with Crippen molar-refractivity contribution in [1.82, 2.24) is 5.32 Å². The van der Waals surface area contributed by atoms with Crippen molar-refractivity contribution in [2.75, 3.05) is 6.54 Å². The average Bonchev–Trinajstić information content (AvgIpc) is 2.18. The molecule has 0 unspecified atom stereocenters. The summed E-state index contributed by atoms with van der Waals surface area (Å²) in [5.74, 6) is -0.986. The van der Waals surface area contributed by atoms with Gasteiger partial charge >= 0.3 is 0 Å². The summed E-state index contributed by atoms with van der Waals surface area (Å²) in [5.41, 5.74) is 0.724. The summed E-state index contributed by atoms with van der Waals surface area (Å²) >= 11 is 0. The smallest absolute Gasteiger partial charge is 0.126 e. The van der Waals surface area contributed by atoms with Crippen molar-refractivity contribution in [3.05, 3.63) is 35.4 Å². The summed E-state index contributed by atoms with van der Waals surface area (Å²) in [6, 6.07) is 3.85. The molecule has 4 heteroatoms. The van der Waals surface area contributed by atoms with Crippen molar-refractivity contribution >= 4 is 12.4 Å². The number of nitrogens with one attached hydrogen (secondary N) is 1. The highest BCUT2D eigenvalue weighted by molar-refractivity contribution is 5.85. The average molecular weight is 234 g/mol. The molecule has 15 heavy (non-hydrogen) atoms. The van der Waals surface area contributed by atoms with Gasteiger partial charge in [-0.2, -0.15) is 0 Å². The van der Waals surface area contributed by atoms with Crippen LogP contribution in [0.1, 0.15) is 30.9 Å². The first-order valence-electron chi connectivity index (χ1n) is 4.95. The Kier molecular flexibility index (Phi) is 4.48. The molecule has 1 aliphatic heterocycles. The van der Waals surface area contributed by atoms with E-state index >= 15 is 0 Å². The third-order valence-corrected chi connectivity index (χ3v) is 2.60. The fourth-order valence-electron chi connectivity index (χ4n) is 1.91. The molecule has 0 aliphatic carbocycles. The molecule has 1 aliphatic rings.